The van der Waals surface area contributed by atoms with Crippen LogP contribution < -0.4 is 0 Å². The van der Waals surface area contributed by atoms with E-state index in [0.29, 0.717) is 17.5 Å². The molecular weight excluding hydrogens is 623 g/mol. The largest absolute Gasteiger partial charge is 0.455 e. The number of rotatable bonds is 5. The van der Waals surface area contributed by atoms with Crippen molar-refractivity contribution in [1.29, 1.82) is 0 Å². The van der Waals surface area contributed by atoms with Gasteiger partial charge < -0.3 is 4.42 Å². The summed E-state index contributed by atoms with van der Waals surface area (Å²) in [6, 6.07) is 61.0. The third-order valence-corrected chi connectivity index (χ3v) is 9.72. The van der Waals surface area contributed by atoms with Crippen molar-refractivity contribution >= 4 is 43.5 Å². The SMILES string of the molecule is c1ccc(-c2nc(-c3ccccc3)nc(-c3cc(-c4ccc(-c5cccc6ccccc56)cc4)c4oc5c6ccccc6ccc5c4c3)n2)cc1. The van der Waals surface area contributed by atoms with Crippen LogP contribution in [-0.2, 0) is 0 Å². The Morgan fingerprint density at radius 2 is 0.824 bits per heavy atom. The van der Waals surface area contributed by atoms with Crippen LogP contribution in [0.1, 0.15) is 0 Å². The third-order valence-electron chi connectivity index (χ3n) is 9.72. The van der Waals surface area contributed by atoms with Crippen LogP contribution in [0.4, 0.5) is 0 Å². The maximum Gasteiger partial charge on any atom is 0.164 e. The predicted octanol–water partition coefficient (Wildman–Crippen LogP) is 12.4. The monoisotopic (exact) mass is 651 g/mol. The topological polar surface area (TPSA) is 51.8 Å². The van der Waals surface area contributed by atoms with E-state index >= 15 is 0 Å². The van der Waals surface area contributed by atoms with Crippen LogP contribution in [0.2, 0.25) is 0 Å². The number of fused-ring (bicyclic) bond motifs is 6. The summed E-state index contributed by atoms with van der Waals surface area (Å²) in [6.45, 7) is 0. The zero-order valence-electron chi connectivity index (χ0n) is 27.5. The second kappa shape index (κ2) is 11.9. The van der Waals surface area contributed by atoms with Crippen LogP contribution in [0.5, 0.6) is 0 Å². The Kier molecular flexibility index (Phi) is 6.78. The second-order valence-electron chi connectivity index (χ2n) is 12.8. The average Bonchev–Trinajstić information content (AvgIpc) is 3.60. The van der Waals surface area contributed by atoms with Crippen molar-refractivity contribution in [3.63, 3.8) is 0 Å². The van der Waals surface area contributed by atoms with Gasteiger partial charge in [-0.1, -0.05) is 158 Å². The summed E-state index contributed by atoms with van der Waals surface area (Å²) in [5, 5.41) is 6.76. The normalized spacial score (nSPS) is 11.5. The third kappa shape index (κ3) is 5.04. The average molecular weight is 652 g/mol. The summed E-state index contributed by atoms with van der Waals surface area (Å²) in [6.07, 6.45) is 0. The van der Waals surface area contributed by atoms with E-state index in [-0.39, 0.29) is 0 Å². The van der Waals surface area contributed by atoms with Crippen molar-refractivity contribution in [2.45, 2.75) is 0 Å². The minimum absolute atomic E-state index is 0.605. The number of aromatic nitrogens is 3. The molecule has 0 aliphatic carbocycles. The molecule has 0 saturated heterocycles. The molecule has 8 aromatic carbocycles. The van der Waals surface area contributed by atoms with Gasteiger partial charge in [-0.05, 0) is 51.0 Å². The molecule has 0 unspecified atom stereocenters. The van der Waals surface area contributed by atoms with Crippen LogP contribution in [-0.4, -0.2) is 15.0 Å². The maximum absolute atomic E-state index is 6.85. The molecule has 0 fully saturated rings. The Bertz CT molecular complexity index is 2830. The molecule has 2 heterocycles. The van der Waals surface area contributed by atoms with E-state index in [1.165, 1.54) is 16.3 Å². The molecule has 4 nitrogen and oxygen atoms in total. The van der Waals surface area contributed by atoms with Gasteiger partial charge in [0, 0.05) is 38.4 Å². The lowest BCUT2D eigenvalue weighted by molar-refractivity contribution is 0.674. The molecule has 0 atom stereocenters. The van der Waals surface area contributed by atoms with Gasteiger partial charge in [-0.2, -0.15) is 0 Å². The standard InChI is InChI=1S/C47H29N3O/c1-3-14-34(15-4-1)45-48-46(35-16-5-2-6-17-35)50-47(49-45)36-28-41(44-42(29-36)40-27-26-31-13-8-10-20-39(31)43(40)51-44)33-24-22-32(23-25-33)38-21-11-18-30-12-7-9-19-37(30)38/h1-29H. The van der Waals surface area contributed by atoms with Crippen LogP contribution in [0.25, 0.3) is 99.9 Å². The summed E-state index contributed by atoms with van der Waals surface area (Å²) in [5.41, 5.74) is 8.88. The lowest BCUT2D eigenvalue weighted by Crippen LogP contribution is -2.00. The molecule has 0 spiro atoms. The van der Waals surface area contributed by atoms with Crippen LogP contribution >= 0.6 is 0 Å². The van der Waals surface area contributed by atoms with Crippen molar-refractivity contribution < 1.29 is 4.42 Å². The lowest BCUT2D eigenvalue weighted by atomic mass is 9.94. The first-order chi connectivity index (χ1) is 25.3. The fourth-order valence-electron chi connectivity index (χ4n) is 7.19. The van der Waals surface area contributed by atoms with E-state index in [9.17, 15) is 0 Å². The van der Waals surface area contributed by atoms with E-state index < -0.39 is 0 Å². The van der Waals surface area contributed by atoms with E-state index in [0.717, 1.165) is 66.1 Å². The fourth-order valence-corrected chi connectivity index (χ4v) is 7.19. The molecule has 0 aliphatic rings. The molecule has 4 heteroatoms. The number of hydrogen-bond acceptors (Lipinski definition) is 4. The Balaban J connectivity index is 1.21. The smallest absolute Gasteiger partial charge is 0.164 e. The number of hydrogen-bond donors (Lipinski definition) is 0. The molecule has 0 amide bonds. The van der Waals surface area contributed by atoms with Crippen LogP contribution in [0, 0.1) is 0 Å². The lowest BCUT2D eigenvalue weighted by Gasteiger charge is -2.11. The van der Waals surface area contributed by atoms with Gasteiger partial charge in [-0.15, -0.1) is 0 Å². The molecule has 238 valence electrons. The summed E-state index contributed by atoms with van der Waals surface area (Å²) >= 11 is 0. The second-order valence-corrected chi connectivity index (χ2v) is 12.8. The summed E-state index contributed by atoms with van der Waals surface area (Å²) in [5.74, 6) is 1.86. The predicted molar refractivity (Wildman–Crippen MR) is 209 cm³/mol. The highest BCUT2D eigenvalue weighted by Gasteiger charge is 2.20. The van der Waals surface area contributed by atoms with Crippen molar-refractivity contribution in [3.05, 3.63) is 176 Å². The highest BCUT2D eigenvalue weighted by molar-refractivity contribution is 6.18. The first-order valence-electron chi connectivity index (χ1n) is 17.1. The van der Waals surface area contributed by atoms with E-state index in [1.807, 2.05) is 60.7 Å². The zero-order valence-corrected chi connectivity index (χ0v) is 27.5. The number of benzene rings is 8. The van der Waals surface area contributed by atoms with Gasteiger partial charge in [0.1, 0.15) is 11.2 Å². The molecule has 0 aliphatic heterocycles. The fraction of sp³-hybridized carbons (Fsp3) is 0. The minimum Gasteiger partial charge on any atom is -0.455 e. The zero-order chi connectivity index (χ0) is 33.7. The molecule has 0 saturated carbocycles. The molecular formula is C47H29N3O. The van der Waals surface area contributed by atoms with Gasteiger partial charge >= 0.3 is 0 Å². The number of nitrogens with zero attached hydrogens (tertiary/aromatic N) is 3. The Labute approximate surface area is 294 Å². The van der Waals surface area contributed by atoms with Gasteiger partial charge in [0.2, 0.25) is 0 Å². The van der Waals surface area contributed by atoms with Crippen molar-refractivity contribution in [1.82, 2.24) is 15.0 Å². The number of furan rings is 1. The van der Waals surface area contributed by atoms with Crippen LogP contribution in [0.3, 0.4) is 0 Å². The Hall–Kier alpha value is -6.91. The molecule has 0 radical (unpaired) electrons. The van der Waals surface area contributed by atoms with Gasteiger partial charge in [-0.25, -0.2) is 15.0 Å². The minimum atomic E-state index is 0.605. The highest BCUT2D eigenvalue weighted by atomic mass is 16.3. The first-order valence-corrected chi connectivity index (χ1v) is 17.1. The summed E-state index contributed by atoms with van der Waals surface area (Å²) in [7, 11) is 0. The molecule has 0 N–H and O–H groups in total. The first kappa shape index (κ1) is 29.0. The summed E-state index contributed by atoms with van der Waals surface area (Å²) < 4.78 is 6.85. The van der Waals surface area contributed by atoms with E-state index in [1.54, 1.807) is 0 Å². The van der Waals surface area contributed by atoms with Crippen molar-refractivity contribution in [3.8, 4) is 56.4 Å². The van der Waals surface area contributed by atoms with Gasteiger partial charge in [0.05, 0.1) is 0 Å². The van der Waals surface area contributed by atoms with Crippen molar-refractivity contribution in [2.75, 3.05) is 0 Å². The molecule has 10 rings (SSSR count). The molecule has 0 bridgehead atoms. The Morgan fingerprint density at radius 1 is 0.294 bits per heavy atom. The van der Waals surface area contributed by atoms with Gasteiger partial charge in [-0.3, -0.25) is 0 Å². The summed E-state index contributed by atoms with van der Waals surface area (Å²) in [4.78, 5) is 15.1. The maximum atomic E-state index is 6.85. The van der Waals surface area contributed by atoms with Gasteiger partial charge in [0.25, 0.3) is 0 Å². The molecule has 51 heavy (non-hydrogen) atoms. The van der Waals surface area contributed by atoms with Crippen LogP contribution in [0.15, 0.2) is 180 Å². The molecule has 10 aromatic rings. The molecule has 2 aromatic heterocycles. The van der Waals surface area contributed by atoms with Gasteiger partial charge in [0.15, 0.2) is 17.5 Å². The van der Waals surface area contributed by atoms with E-state index in [2.05, 4.69) is 115 Å². The van der Waals surface area contributed by atoms with E-state index in [4.69, 9.17) is 19.4 Å². The van der Waals surface area contributed by atoms with Crippen molar-refractivity contribution in [2.24, 2.45) is 0 Å². The quantitative estimate of drug-likeness (QED) is 0.186. The highest BCUT2D eigenvalue weighted by Crippen LogP contribution is 2.42. The Morgan fingerprint density at radius 3 is 1.49 bits per heavy atom.